The predicted octanol–water partition coefficient (Wildman–Crippen LogP) is 3.81. The molecule has 1 aliphatic heterocycles. The van der Waals surface area contributed by atoms with Crippen LogP contribution in [0.25, 0.3) is 0 Å². The van der Waals surface area contributed by atoms with Crippen LogP contribution in [0.2, 0.25) is 0 Å². The van der Waals surface area contributed by atoms with Crippen LogP contribution in [0.1, 0.15) is 18.1 Å². The summed E-state index contributed by atoms with van der Waals surface area (Å²) in [4.78, 5) is 9.10. The monoisotopic (exact) mass is 443 g/mol. The molecule has 0 spiro atoms. The zero-order chi connectivity index (χ0) is 22.2. The summed E-state index contributed by atoms with van der Waals surface area (Å²) in [5.41, 5.74) is -4.75. The molecule has 9 heteroatoms. The smallest absolute Gasteiger partial charge is 0.446 e. The maximum Gasteiger partial charge on any atom is 0.446 e. The molecule has 3 N–H and O–H groups in total. The van der Waals surface area contributed by atoms with Gasteiger partial charge >= 0.3 is 5.51 Å². The summed E-state index contributed by atoms with van der Waals surface area (Å²) in [6.45, 7) is 2.64. The van der Waals surface area contributed by atoms with E-state index >= 15 is 0 Å². The van der Waals surface area contributed by atoms with Crippen molar-refractivity contribution in [3.8, 4) is 0 Å². The number of hydrogen-bond acceptors (Lipinski definition) is 5. The number of thioether (sulfide) groups is 1. The number of aliphatic hydroxyl groups is 1. The Morgan fingerprint density at radius 1 is 1.17 bits per heavy atom. The molecule has 0 bridgehead atoms. The maximum atomic E-state index is 12.9. The van der Waals surface area contributed by atoms with Crippen molar-refractivity contribution in [1.29, 1.82) is 0 Å². The van der Waals surface area contributed by atoms with E-state index in [1.54, 1.807) is 42.5 Å². The van der Waals surface area contributed by atoms with Gasteiger partial charge < -0.3 is 20.3 Å². The number of morpholine rings is 1. The zero-order valence-corrected chi connectivity index (χ0v) is 17.2. The van der Waals surface area contributed by atoms with E-state index in [2.05, 4.69) is 5.32 Å². The molecule has 0 aliphatic carbocycles. The molecule has 30 heavy (non-hydrogen) atoms. The second-order valence-electron chi connectivity index (χ2n) is 6.71. The molecule has 0 unspecified atom stereocenters. The van der Waals surface area contributed by atoms with Crippen LogP contribution in [0.15, 0.2) is 59.5 Å². The van der Waals surface area contributed by atoms with E-state index in [0.717, 1.165) is 6.92 Å². The van der Waals surface area contributed by atoms with Crippen LogP contribution in [0.4, 0.5) is 13.2 Å². The Morgan fingerprint density at radius 2 is 1.77 bits per heavy atom. The van der Waals surface area contributed by atoms with Crippen LogP contribution < -0.4 is 5.32 Å². The fourth-order valence-electron chi connectivity index (χ4n) is 3.17. The van der Waals surface area contributed by atoms with Crippen LogP contribution in [-0.4, -0.2) is 47.5 Å². The third kappa shape index (κ3) is 7.32. The predicted molar refractivity (Wildman–Crippen MR) is 108 cm³/mol. The SMILES string of the molecule is CC(=O)O.O[C@](Cc1ccccc1SC(F)(F)F)(c1ccccc1)[C@@H]1CNCCO1. The Bertz CT molecular complexity index is 809. The van der Waals surface area contributed by atoms with Gasteiger partial charge in [0.05, 0.1) is 6.61 Å². The van der Waals surface area contributed by atoms with E-state index in [-0.39, 0.29) is 23.1 Å². The molecular formula is C21H24F3NO4S. The molecule has 5 nitrogen and oxygen atoms in total. The first-order chi connectivity index (χ1) is 14.1. The van der Waals surface area contributed by atoms with E-state index in [1.165, 1.54) is 6.07 Å². The molecule has 0 aromatic heterocycles. The van der Waals surface area contributed by atoms with Crippen LogP contribution in [0, 0.1) is 0 Å². The Hall–Kier alpha value is -2.07. The number of halogens is 3. The minimum Gasteiger partial charge on any atom is -0.481 e. The Balaban J connectivity index is 0.000000735. The molecule has 2 aromatic rings. The number of carboxylic acids is 1. The van der Waals surface area contributed by atoms with E-state index in [0.29, 0.717) is 30.8 Å². The number of nitrogens with one attached hydrogen (secondary N) is 1. The second-order valence-corrected chi connectivity index (χ2v) is 7.81. The highest BCUT2D eigenvalue weighted by atomic mass is 32.2. The maximum absolute atomic E-state index is 12.9. The fraction of sp³-hybridized carbons (Fsp3) is 0.381. The normalized spacial score (nSPS) is 18.6. The summed E-state index contributed by atoms with van der Waals surface area (Å²) in [7, 11) is 0. The van der Waals surface area contributed by atoms with Crippen molar-refractivity contribution in [1.82, 2.24) is 5.32 Å². The van der Waals surface area contributed by atoms with Gasteiger partial charge in [0.1, 0.15) is 11.7 Å². The highest BCUT2D eigenvalue weighted by Gasteiger charge is 2.41. The molecule has 1 heterocycles. The molecule has 2 atom stereocenters. The summed E-state index contributed by atoms with van der Waals surface area (Å²) in [5.74, 6) is -0.833. The third-order valence-electron chi connectivity index (χ3n) is 4.39. The lowest BCUT2D eigenvalue weighted by Crippen LogP contribution is -2.52. The first-order valence-corrected chi connectivity index (χ1v) is 10.1. The number of ether oxygens (including phenoxy) is 1. The highest BCUT2D eigenvalue weighted by Crippen LogP contribution is 2.41. The van der Waals surface area contributed by atoms with E-state index in [1.807, 2.05) is 6.07 Å². The topological polar surface area (TPSA) is 78.8 Å². The van der Waals surface area contributed by atoms with Crippen molar-refractivity contribution < 1.29 is 32.9 Å². The van der Waals surface area contributed by atoms with Gasteiger partial charge in [-0.15, -0.1) is 0 Å². The van der Waals surface area contributed by atoms with Crippen LogP contribution in [0.5, 0.6) is 0 Å². The van der Waals surface area contributed by atoms with Crippen LogP contribution in [-0.2, 0) is 21.6 Å². The van der Waals surface area contributed by atoms with Gasteiger partial charge in [-0.3, -0.25) is 4.79 Å². The number of carbonyl (C=O) groups is 1. The summed E-state index contributed by atoms with van der Waals surface area (Å²) >= 11 is -0.158. The van der Waals surface area contributed by atoms with Crippen molar-refractivity contribution in [2.75, 3.05) is 19.7 Å². The quantitative estimate of drug-likeness (QED) is 0.610. The average Bonchev–Trinajstić information content (AvgIpc) is 2.69. The van der Waals surface area contributed by atoms with Crippen molar-refractivity contribution >= 4 is 17.7 Å². The van der Waals surface area contributed by atoms with Crippen molar-refractivity contribution in [3.05, 3.63) is 65.7 Å². The molecule has 1 aliphatic rings. The minimum absolute atomic E-state index is 0.0304. The molecule has 2 aromatic carbocycles. The van der Waals surface area contributed by atoms with Gasteiger partial charge in [0.15, 0.2) is 0 Å². The number of aliphatic carboxylic acids is 1. The Kier molecular flexibility index (Phi) is 8.72. The number of benzene rings is 2. The van der Waals surface area contributed by atoms with E-state index in [4.69, 9.17) is 14.6 Å². The molecule has 0 saturated carbocycles. The number of alkyl halides is 3. The van der Waals surface area contributed by atoms with E-state index in [9.17, 15) is 18.3 Å². The molecule has 164 valence electrons. The van der Waals surface area contributed by atoms with Gasteiger partial charge in [0, 0.05) is 31.3 Å². The fourth-order valence-corrected chi connectivity index (χ4v) is 3.83. The van der Waals surface area contributed by atoms with Crippen molar-refractivity contribution in [2.45, 2.75) is 35.5 Å². The average molecular weight is 443 g/mol. The van der Waals surface area contributed by atoms with Gasteiger partial charge in [0.2, 0.25) is 0 Å². The number of hydrogen-bond donors (Lipinski definition) is 3. The number of carboxylic acid groups (broad SMARTS) is 1. The first kappa shape index (κ1) is 24.2. The molecule has 1 fully saturated rings. The van der Waals surface area contributed by atoms with Crippen LogP contribution in [0.3, 0.4) is 0 Å². The van der Waals surface area contributed by atoms with Gasteiger partial charge in [-0.1, -0.05) is 48.5 Å². The second kappa shape index (κ2) is 10.8. The zero-order valence-electron chi connectivity index (χ0n) is 16.4. The standard InChI is InChI=1S/C19H20F3NO2S.C2H4O2/c20-19(21,22)26-16-9-5-4-6-14(16)12-18(24,15-7-2-1-3-8-15)17-13-23-10-11-25-17;1-2(3)4/h1-9,17,23-24H,10-13H2;1H3,(H,3,4)/t17-,18+;/m0./s1. The summed E-state index contributed by atoms with van der Waals surface area (Å²) in [6, 6.07) is 15.3. The van der Waals surface area contributed by atoms with Gasteiger partial charge in [0.25, 0.3) is 5.97 Å². The van der Waals surface area contributed by atoms with E-state index < -0.39 is 23.2 Å². The van der Waals surface area contributed by atoms with Crippen molar-refractivity contribution in [2.24, 2.45) is 0 Å². The van der Waals surface area contributed by atoms with Crippen LogP contribution >= 0.6 is 11.8 Å². The molecular weight excluding hydrogens is 419 g/mol. The van der Waals surface area contributed by atoms with Gasteiger partial charge in [-0.25, -0.2) is 0 Å². The lowest BCUT2D eigenvalue weighted by atomic mass is 9.82. The Labute approximate surface area is 177 Å². The van der Waals surface area contributed by atoms with Crippen molar-refractivity contribution in [3.63, 3.8) is 0 Å². The van der Waals surface area contributed by atoms with Gasteiger partial charge in [-0.05, 0) is 29.0 Å². The molecule has 0 radical (unpaired) electrons. The Morgan fingerprint density at radius 3 is 2.33 bits per heavy atom. The first-order valence-electron chi connectivity index (χ1n) is 9.25. The third-order valence-corrected chi connectivity index (χ3v) is 5.24. The molecule has 0 amide bonds. The number of rotatable bonds is 5. The summed E-state index contributed by atoms with van der Waals surface area (Å²) in [5, 5.41) is 22.1. The van der Waals surface area contributed by atoms with Gasteiger partial charge in [-0.2, -0.15) is 13.2 Å². The molecule has 1 saturated heterocycles. The lowest BCUT2D eigenvalue weighted by Gasteiger charge is -2.39. The highest BCUT2D eigenvalue weighted by molar-refractivity contribution is 8.00. The minimum atomic E-state index is -4.39. The summed E-state index contributed by atoms with van der Waals surface area (Å²) < 4.78 is 44.5. The largest absolute Gasteiger partial charge is 0.481 e. The summed E-state index contributed by atoms with van der Waals surface area (Å²) in [6.07, 6.45) is -0.523. The molecule has 3 rings (SSSR count). The lowest BCUT2D eigenvalue weighted by molar-refractivity contribution is -0.134.